The zero-order valence-electron chi connectivity index (χ0n) is 11.3. The number of hydrogen-bond donors (Lipinski definition) is 0. The molecule has 2 rings (SSSR count). The summed E-state index contributed by atoms with van der Waals surface area (Å²) in [5.74, 6) is 0.595. The van der Waals surface area contributed by atoms with Crippen LogP contribution in [0.5, 0.6) is 5.75 Å². The molecule has 0 bridgehead atoms. The fourth-order valence-electron chi connectivity index (χ4n) is 1.91. The van der Waals surface area contributed by atoms with Crippen molar-refractivity contribution in [3.8, 4) is 11.8 Å². The molecule has 0 aliphatic heterocycles. The summed E-state index contributed by atoms with van der Waals surface area (Å²) in [5, 5.41) is 8.59. The molecular formula is C17H15NO2. The predicted octanol–water partition coefficient (Wildman–Crippen LogP) is 3.32. The van der Waals surface area contributed by atoms with Crippen LogP contribution in [-0.4, -0.2) is 12.4 Å². The molecule has 100 valence electrons. The number of rotatable bonds is 5. The van der Waals surface area contributed by atoms with Crippen molar-refractivity contribution < 1.29 is 9.53 Å². The molecule has 0 N–H and O–H groups in total. The molecule has 0 fully saturated rings. The molecule has 0 saturated carbocycles. The highest BCUT2D eigenvalue weighted by Gasteiger charge is 2.09. The molecule has 0 spiro atoms. The van der Waals surface area contributed by atoms with E-state index >= 15 is 0 Å². The number of carbonyl (C=O) groups excluding carboxylic acids is 1. The highest BCUT2D eigenvalue weighted by atomic mass is 16.5. The van der Waals surface area contributed by atoms with Gasteiger partial charge in [0, 0.05) is 5.56 Å². The summed E-state index contributed by atoms with van der Waals surface area (Å²) < 4.78 is 5.48. The van der Waals surface area contributed by atoms with E-state index in [-0.39, 0.29) is 12.4 Å². The van der Waals surface area contributed by atoms with Crippen LogP contribution in [-0.2, 0) is 6.42 Å². The van der Waals surface area contributed by atoms with Crippen molar-refractivity contribution in [1.29, 1.82) is 5.26 Å². The first kappa shape index (κ1) is 13.8. The van der Waals surface area contributed by atoms with Gasteiger partial charge in [0.25, 0.3) is 0 Å². The van der Waals surface area contributed by atoms with Gasteiger partial charge in [0.1, 0.15) is 5.75 Å². The summed E-state index contributed by atoms with van der Waals surface area (Å²) >= 11 is 0. The van der Waals surface area contributed by atoms with Gasteiger partial charge in [-0.25, -0.2) is 0 Å². The van der Waals surface area contributed by atoms with Gasteiger partial charge in [-0.1, -0.05) is 36.4 Å². The summed E-state index contributed by atoms with van der Waals surface area (Å²) in [4.78, 5) is 12.0. The van der Waals surface area contributed by atoms with E-state index in [4.69, 9.17) is 10.00 Å². The minimum Gasteiger partial charge on any atom is -0.485 e. The summed E-state index contributed by atoms with van der Waals surface area (Å²) in [6.45, 7) is 1.92. The van der Waals surface area contributed by atoms with Crippen LogP contribution in [0.2, 0.25) is 0 Å². The Labute approximate surface area is 118 Å². The standard InChI is InChI=1S/C17H15NO2/c1-13-4-2-3-5-16(13)17(19)12-20-15-8-6-14(7-9-15)10-11-18/h2-9H,10,12H2,1H3. The van der Waals surface area contributed by atoms with Crippen molar-refractivity contribution in [2.45, 2.75) is 13.3 Å². The SMILES string of the molecule is Cc1ccccc1C(=O)COc1ccc(CC#N)cc1. The van der Waals surface area contributed by atoms with Gasteiger partial charge in [-0.15, -0.1) is 0 Å². The largest absolute Gasteiger partial charge is 0.485 e. The topological polar surface area (TPSA) is 50.1 Å². The quantitative estimate of drug-likeness (QED) is 0.779. The van der Waals surface area contributed by atoms with Gasteiger partial charge in [0.2, 0.25) is 0 Å². The second kappa shape index (κ2) is 6.53. The van der Waals surface area contributed by atoms with Crippen molar-refractivity contribution in [1.82, 2.24) is 0 Å². The molecule has 0 aromatic heterocycles. The Balaban J connectivity index is 1.97. The van der Waals surface area contributed by atoms with Crippen molar-refractivity contribution in [3.05, 3.63) is 65.2 Å². The van der Waals surface area contributed by atoms with Crippen molar-refractivity contribution >= 4 is 5.78 Å². The van der Waals surface area contributed by atoms with Crippen LogP contribution in [0, 0.1) is 18.3 Å². The zero-order chi connectivity index (χ0) is 14.4. The minimum absolute atomic E-state index is 0.0163. The lowest BCUT2D eigenvalue weighted by Gasteiger charge is -2.07. The lowest BCUT2D eigenvalue weighted by molar-refractivity contribution is 0.0921. The Morgan fingerprint density at radius 1 is 1.15 bits per heavy atom. The molecule has 3 nitrogen and oxygen atoms in total. The van der Waals surface area contributed by atoms with Crippen LogP contribution >= 0.6 is 0 Å². The van der Waals surface area contributed by atoms with Crippen LogP contribution in [0.15, 0.2) is 48.5 Å². The molecule has 2 aromatic rings. The van der Waals surface area contributed by atoms with E-state index < -0.39 is 0 Å². The van der Waals surface area contributed by atoms with Crippen LogP contribution in [0.1, 0.15) is 21.5 Å². The van der Waals surface area contributed by atoms with Crippen molar-refractivity contribution in [2.75, 3.05) is 6.61 Å². The number of nitrogens with zero attached hydrogens (tertiary/aromatic N) is 1. The van der Waals surface area contributed by atoms with Crippen LogP contribution in [0.25, 0.3) is 0 Å². The molecule has 0 radical (unpaired) electrons. The number of ether oxygens (including phenoxy) is 1. The Morgan fingerprint density at radius 3 is 2.50 bits per heavy atom. The molecule has 0 aliphatic carbocycles. The molecule has 3 heteroatoms. The molecule has 2 aromatic carbocycles. The maximum absolute atomic E-state index is 12.0. The van der Waals surface area contributed by atoms with Gasteiger partial charge in [0.05, 0.1) is 12.5 Å². The lowest BCUT2D eigenvalue weighted by Crippen LogP contribution is -2.12. The van der Waals surface area contributed by atoms with Gasteiger partial charge >= 0.3 is 0 Å². The lowest BCUT2D eigenvalue weighted by atomic mass is 10.1. The number of benzene rings is 2. The van der Waals surface area contributed by atoms with Gasteiger partial charge in [-0.2, -0.15) is 5.26 Å². The number of aryl methyl sites for hydroxylation is 1. The third-order valence-electron chi connectivity index (χ3n) is 3.02. The first-order valence-corrected chi connectivity index (χ1v) is 6.38. The first-order valence-electron chi connectivity index (χ1n) is 6.38. The molecule has 0 atom stereocenters. The van der Waals surface area contributed by atoms with E-state index in [2.05, 4.69) is 6.07 Å². The molecule has 0 aliphatic rings. The first-order chi connectivity index (χ1) is 9.70. The van der Waals surface area contributed by atoms with E-state index in [1.165, 1.54) is 0 Å². The normalized spacial score (nSPS) is 9.80. The fourth-order valence-corrected chi connectivity index (χ4v) is 1.91. The number of hydrogen-bond acceptors (Lipinski definition) is 3. The Hall–Kier alpha value is -2.60. The monoisotopic (exact) mass is 265 g/mol. The van der Waals surface area contributed by atoms with Crippen LogP contribution < -0.4 is 4.74 Å². The Kier molecular flexibility index (Phi) is 4.52. The molecule has 20 heavy (non-hydrogen) atoms. The predicted molar refractivity (Wildman–Crippen MR) is 76.8 cm³/mol. The maximum atomic E-state index is 12.0. The van der Waals surface area contributed by atoms with Gasteiger partial charge in [0.15, 0.2) is 12.4 Å². The molecular weight excluding hydrogens is 250 g/mol. The van der Waals surface area contributed by atoms with Gasteiger partial charge < -0.3 is 4.74 Å². The summed E-state index contributed by atoms with van der Waals surface area (Å²) in [7, 11) is 0. The number of nitriles is 1. The van der Waals surface area contributed by atoms with E-state index in [1.54, 1.807) is 18.2 Å². The van der Waals surface area contributed by atoms with Crippen molar-refractivity contribution in [3.63, 3.8) is 0 Å². The highest BCUT2D eigenvalue weighted by Crippen LogP contribution is 2.14. The smallest absolute Gasteiger partial charge is 0.200 e. The van der Waals surface area contributed by atoms with Gasteiger partial charge in [-0.05, 0) is 30.2 Å². The molecule has 0 saturated heterocycles. The average molecular weight is 265 g/mol. The molecule has 0 unspecified atom stereocenters. The number of Topliss-reactive ketones (excluding diaryl/α,β-unsaturated/α-hetero) is 1. The fraction of sp³-hybridized carbons (Fsp3) is 0.176. The van der Waals surface area contributed by atoms with Gasteiger partial charge in [-0.3, -0.25) is 4.79 Å². The van der Waals surface area contributed by atoms with E-state index in [1.807, 2.05) is 37.3 Å². The molecule has 0 amide bonds. The Morgan fingerprint density at radius 2 is 1.85 bits per heavy atom. The molecule has 0 heterocycles. The van der Waals surface area contributed by atoms with Crippen molar-refractivity contribution in [2.24, 2.45) is 0 Å². The summed E-state index contributed by atoms with van der Waals surface area (Å²) in [5.41, 5.74) is 2.57. The average Bonchev–Trinajstić information content (AvgIpc) is 2.47. The van der Waals surface area contributed by atoms with E-state index in [9.17, 15) is 4.79 Å². The number of ketones is 1. The Bertz CT molecular complexity index is 639. The maximum Gasteiger partial charge on any atom is 0.200 e. The van der Waals surface area contributed by atoms with Crippen LogP contribution in [0.4, 0.5) is 0 Å². The number of carbonyl (C=O) groups is 1. The van der Waals surface area contributed by atoms with E-state index in [0.717, 1.165) is 11.1 Å². The summed E-state index contributed by atoms with van der Waals surface area (Å²) in [6.07, 6.45) is 0.377. The van der Waals surface area contributed by atoms with E-state index in [0.29, 0.717) is 17.7 Å². The second-order valence-electron chi connectivity index (χ2n) is 4.51. The minimum atomic E-state index is -0.0378. The second-order valence-corrected chi connectivity index (χ2v) is 4.51. The summed E-state index contributed by atoms with van der Waals surface area (Å²) in [6, 6.07) is 16.8. The third kappa shape index (κ3) is 3.46. The third-order valence-corrected chi connectivity index (χ3v) is 3.02. The zero-order valence-corrected chi connectivity index (χ0v) is 11.3. The van der Waals surface area contributed by atoms with Crippen LogP contribution in [0.3, 0.4) is 0 Å². The highest BCUT2D eigenvalue weighted by molar-refractivity contribution is 5.98.